The van der Waals surface area contributed by atoms with E-state index in [1.54, 1.807) is 0 Å². The molecule has 0 radical (unpaired) electrons. The SMILES string of the molecule is CCCC1CCC(C#N)(CC2Cc3ccccc3O2)CC1. The quantitative estimate of drug-likeness (QED) is 0.789. The molecule has 0 bridgehead atoms. The van der Waals surface area contributed by atoms with Gasteiger partial charge >= 0.3 is 0 Å². The highest BCUT2D eigenvalue weighted by Crippen LogP contribution is 2.45. The Balaban J connectivity index is 1.61. The van der Waals surface area contributed by atoms with Crippen LogP contribution < -0.4 is 4.74 Å². The molecule has 2 nitrogen and oxygen atoms in total. The molecule has 1 aromatic rings. The van der Waals surface area contributed by atoms with Gasteiger partial charge in [-0.15, -0.1) is 0 Å². The Morgan fingerprint density at radius 2 is 2.05 bits per heavy atom. The largest absolute Gasteiger partial charge is 0.490 e. The third-order valence-electron chi connectivity index (χ3n) is 5.33. The summed E-state index contributed by atoms with van der Waals surface area (Å²) in [6.07, 6.45) is 9.23. The standard InChI is InChI=1S/C19H25NO/c1-2-5-15-8-10-19(14-20,11-9-15)13-17-12-16-6-3-4-7-18(16)21-17/h3-4,6-7,15,17H,2,5,8-13H2,1H3. The fourth-order valence-electron chi connectivity index (χ4n) is 4.09. The summed E-state index contributed by atoms with van der Waals surface area (Å²) in [5, 5.41) is 9.73. The lowest BCUT2D eigenvalue weighted by Crippen LogP contribution is -2.32. The van der Waals surface area contributed by atoms with E-state index in [2.05, 4.69) is 25.1 Å². The van der Waals surface area contributed by atoms with Crippen LogP contribution in [0.4, 0.5) is 0 Å². The molecule has 1 unspecified atom stereocenters. The van der Waals surface area contributed by atoms with Gasteiger partial charge in [-0.05, 0) is 43.2 Å². The van der Waals surface area contributed by atoms with Crippen LogP contribution >= 0.6 is 0 Å². The first-order valence-electron chi connectivity index (χ1n) is 8.40. The molecule has 1 saturated carbocycles. The molecule has 21 heavy (non-hydrogen) atoms. The van der Waals surface area contributed by atoms with E-state index in [9.17, 15) is 5.26 Å². The Kier molecular flexibility index (Phi) is 4.19. The summed E-state index contributed by atoms with van der Waals surface area (Å²) in [4.78, 5) is 0. The van der Waals surface area contributed by atoms with E-state index in [0.717, 1.165) is 37.4 Å². The molecule has 1 aliphatic carbocycles. The van der Waals surface area contributed by atoms with E-state index in [1.165, 1.54) is 31.2 Å². The molecule has 112 valence electrons. The molecule has 1 aliphatic heterocycles. The first kappa shape index (κ1) is 14.4. The van der Waals surface area contributed by atoms with E-state index in [-0.39, 0.29) is 11.5 Å². The first-order chi connectivity index (χ1) is 10.2. The molecule has 0 aromatic heterocycles. The molecule has 0 spiro atoms. The van der Waals surface area contributed by atoms with Gasteiger partial charge in [-0.2, -0.15) is 5.26 Å². The van der Waals surface area contributed by atoms with Crippen molar-refractivity contribution in [2.75, 3.05) is 0 Å². The van der Waals surface area contributed by atoms with Crippen LogP contribution in [0.15, 0.2) is 24.3 Å². The molecular weight excluding hydrogens is 258 g/mol. The fourth-order valence-corrected chi connectivity index (χ4v) is 4.09. The number of rotatable bonds is 4. The fraction of sp³-hybridized carbons (Fsp3) is 0.632. The molecule has 0 saturated heterocycles. The number of fused-ring (bicyclic) bond motifs is 1. The zero-order chi connectivity index (χ0) is 14.7. The van der Waals surface area contributed by atoms with Crippen molar-refractivity contribution in [2.45, 2.75) is 64.4 Å². The van der Waals surface area contributed by atoms with Crippen molar-refractivity contribution in [3.05, 3.63) is 29.8 Å². The zero-order valence-corrected chi connectivity index (χ0v) is 13.0. The van der Waals surface area contributed by atoms with Crippen molar-refractivity contribution < 1.29 is 4.74 Å². The van der Waals surface area contributed by atoms with Crippen molar-refractivity contribution >= 4 is 0 Å². The van der Waals surface area contributed by atoms with E-state index >= 15 is 0 Å². The van der Waals surface area contributed by atoms with E-state index < -0.39 is 0 Å². The lowest BCUT2D eigenvalue weighted by molar-refractivity contribution is 0.118. The Bertz CT molecular complexity index is 498. The lowest BCUT2D eigenvalue weighted by atomic mass is 9.67. The van der Waals surface area contributed by atoms with Crippen LogP contribution in [0.1, 0.15) is 57.4 Å². The predicted molar refractivity (Wildman–Crippen MR) is 84.1 cm³/mol. The van der Waals surface area contributed by atoms with Gasteiger partial charge in [-0.1, -0.05) is 38.0 Å². The minimum absolute atomic E-state index is 0.142. The highest BCUT2D eigenvalue weighted by Gasteiger charge is 2.39. The maximum absolute atomic E-state index is 9.73. The summed E-state index contributed by atoms with van der Waals surface area (Å²) < 4.78 is 6.06. The molecule has 2 aliphatic rings. The van der Waals surface area contributed by atoms with E-state index in [1.807, 2.05) is 12.1 Å². The summed E-state index contributed by atoms with van der Waals surface area (Å²) >= 11 is 0. The van der Waals surface area contributed by atoms with Crippen molar-refractivity contribution in [1.82, 2.24) is 0 Å². The minimum Gasteiger partial charge on any atom is -0.490 e. The smallest absolute Gasteiger partial charge is 0.123 e. The summed E-state index contributed by atoms with van der Waals surface area (Å²) in [6, 6.07) is 10.9. The number of nitrogens with zero attached hydrogens (tertiary/aromatic N) is 1. The van der Waals surface area contributed by atoms with Gasteiger partial charge < -0.3 is 4.74 Å². The Labute approximate surface area is 128 Å². The van der Waals surface area contributed by atoms with Crippen LogP contribution in [0.2, 0.25) is 0 Å². The summed E-state index contributed by atoms with van der Waals surface area (Å²) in [6.45, 7) is 2.26. The molecule has 3 rings (SSSR count). The average Bonchev–Trinajstić information content (AvgIpc) is 2.91. The maximum Gasteiger partial charge on any atom is 0.123 e. The molecule has 1 aromatic carbocycles. The average molecular weight is 283 g/mol. The number of para-hydroxylation sites is 1. The van der Waals surface area contributed by atoms with Crippen LogP contribution in [0, 0.1) is 22.7 Å². The molecule has 1 fully saturated rings. The minimum atomic E-state index is -0.142. The van der Waals surface area contributed by atoms with Gasteiger partial charge in [0, 0.05) is 12.8 Å². The van der Waals surface area contributed by atoms with Gasteiger partial charge in [0.25, 0.3) is 0 Å². The van der Waals surface area contributed by atoms with Crippen LogP contribution in [-0.2, 0) is 6.42 Å². The summed E-state index contributed by atoms with van der Waals surface area (Å²) in [5.41, 5.74) is 1.16. The molecular formula is C19H25NO. The topological polar surface area (TPSA) is 33.0 Å². The second kappa shape index (κ2) is 6.10. The van der Waals surface area contributed by atoms with E-state index in [0.29, 0.717) is 0 Å². The molecule has 0 amide bonds. The number of benzene rings is 1. The van der Waals surface area contributed by atoms with Gasteiger partial charge in [0.1, 0.15) is 11.9 Å². The van der Waals surface area contributed by atoms with Gasteiger partial charge in [-0.3, -0.25) is 0 Å². The highest BCUT2D eigenvalue weighted by atomic mass is 16.5. The van der Waals surface area contributed by atoms with Gasteiger partial charge in [0.05, 0.1) is 11.5 Å². The zero-order valence-electron chi connectivity index (χ0n) is 13.0. The molecule has 2 heteroatoms. The van der Waals surface area contributed by atoms with Crippen LogP contribution in [0.3, 0.4) is 0 Å². The van der Waals surface area contributed by atoms with Gasteiger partial charge in [0.15, 0.2) is 0 Å². The predicted octanol–water partition coefficient (Wildman–Crippen LogP) is 4.88. The Hall–Kier alpha value is -1.49. The second-order valence-electron chi connectivity index (χ2n) is 6.88. The van der Waals surface area contributed by atoms with Gasteiger partial charge in [-0.25, -0.2) is 0 Å². The van der Waals surface area contributed by atoms with Crippen molar-refractivity contribution in [3.63, 3.8) is 0 Å². The summed E-state index contributed by atoms with van der Waals surface area (Å²) in [7, 11) is 0. The lowest BCUT2D eigenvalue weighted by Gasteiger charge is -2.36. The molecule has 1 heterocycles. The number of nitriles is 1. The highest BCUT2D eigenvalue weighted by molar-refractivity contribution is 5.37. The van der Waals surface area contributed by atoms with Crippen LogP contribution in [0.25, 0.3) is 0 Å². The third-order valence-corrected chi connectivity index (χ3v) is 5.33. The normalized spacial score (nSPS) is 31.2. The Morgan fingerprint density at radius 1 is 1.29 bits per heavy atom. The van der Waals surface area contributed by atoms with E-state index in [4.69, 9.17) is 4.74 Å². The first-order valence-corrected chi connectivity index (χ1v) is 8.40. The van der Waals surface area contributed by atoms with Crippen molar-refractivity contribution in [3.8, 4) is 11.8 Å². The van der Waals surface area contributed by atoms with Gasteiger partial charge in [0.2, 0.25) is 0 Å². The number of hydrogen-bond donors (Lipinski definition) is 0. The third kappa shape index (κ3) is 3.07. The monoisotopic (exact) mass is 283 g/mol. The van der Waals surface area contributed by atoms with Crippen LogP contribution in [-0.4, -0.2) is 6.10 Å². The van der Waals surface area contributed by atoms with Crippen molar-refractivity contribution in [1.29, 1.82) is 5.26 Å². The number of hydrogen-bond acceptors (Lipinski definition) is 2. The Morgan fingerprint density at radius 3 is 2.71 bits per heavy atom. The second-order valence-corrected chi connectivity index (χ2v) is 6.88. The number of ether oxygens (including phenoxy) is 1. The molecule has 0 N–H and O–H groups in total. The maximum atomic E-state index is 9.73. The molecule has 1 atom stereocenters. The summed E-state index contributed by atoms with van der Waals surface area (Å²) in [5.74, 6) is 1.87. The van der Waals surface area contributed by atoms with Crippen molar-refractivity contribution in [2.24, 2.45) is 11.3 Å². The van der Waals surface area contributed by atoms with Crippen LogP contribution in [0.5, 0.6) is 5.75 Å².